The molecule has 2 nitrogen and oxygen atoms in total. The monoisotopic (exact) mass is 267 g/mol. The highest BCUT2D eigenvalue weighted by Gasteiger charge is 2.00. The van der Waals surface area contributed by atoms with E-state index in [2.05, 4.69) is 18.0 Å². The molecule has 17 heavy (non-hydrogen) atoms. The molecule has 1 aromatic carbocycles. The molecule has 4 heteroatoms. The Kier molecular flexibility index (Phi) is 4.57. The van der Waals surface area contributed by atoms with Gasteiger partial charge in [0.2, 0.25) is 0 Å². The van der Waals surface area contributed by atoms with E-state index in [9.17, 15) is 0 Å². The molecule has 0 fully saturated rings. The minimum absolute atomic E-state index is 0.807. The van der Waals surface area contributed by atoms with Crippen LogP contribution in [0.25, 0.3) is 10.2 Å². The third-order valence-corrected chi connectivity index (χ3v) is 3.86. The number of unbranched alkanes of at least 4 members (excludes halogenated alkanes) is 3. The van der Waals surface area contributed by atoms with Gasteiger partial charge in [-0.05, 0) is 36.8 Å². The van der Waals surface area contributed by atoms with E-state index in [0.29, 0.717) is 0 Å². The zero-order valence-electron chi connectivity index (χ0n) is 9.99. The average molecular weight is 267 g/mol. The molecule has 1 aromatic heterocycles. The van der Waals surface area contributed by atoms with Gasteiger partial charge in [0.25, 0.3) is 0 Å². The molecular weight excluding hydrogens is 250 g/mol. The van der Waals surface area contributed by atoms with Gasteiger partial charge >= 0.3 is 0 Å². The molecular formula is C13H17NOS2. The van der Waals surface area contributed by atoms with Crippen molar-refractivity contribution in [2.24, 2.45) is 0 Å². The van der Waals surface area contributed by atoms with Crippen molar-refractivity contribution in [3.8, 4) is 5.75 Å². The number of benzene rings is 1. The molecule has 0 radical (unpaired) electrons. The van der Waals surface area contributed by atoms with E-state index in [-0.39, 0.29) is 0 Å². The number of nitrogens with one attached hydrogen (secondary N) is 1. The molecule has 92 valence electrons. The maximum Gasteiger partial charge on any atom is 0.159 e. The summed E-state index contributed by atoms with van der Waals surface area (Å²) in [5.74, 6) is 0.944. The molecule has 2 aromatic rings. The van der Waals surface area contributed by atoms with Crippen molar-refractivity contribution in [1.82, 2.24) is 4.98 Å². The van der Waals surface area contributed by atoms with Crippen LogP contribution in [0.2, 0.25) is 0 Å². The molecule has 2 rings (SSSR count). The zero-order valence-corrected chi connectivity index (χ0v) is 11.6. The minimum atomic E-state index is 0.807. The van der Waals surface area contributed by atoms with Crippen molar-refractivity contribution in [3.05, 3.63) is 22.2 Å². The summed E-state index contributed by atoms with van der Waals surface area (Å²) in [5, 5.41) is 0. The largest absolute Gasteiger partial charge is 0.494 e. The summed E-state index contributed by atoms with van der Waals surface area (Å²) in [6, 6.07) is 6.09. The van der Waals surface area contributed by atoms with Crippen LogP contribution in [0.4, 0.5) is 0 Å². The summed E-state index contributed by atoms with van der Waals surface area (Å²) < 4.78 is 7.72. The Balaban J connectivity index is 1.92. The van der Waals surface area contributed by atoms with Crippen LogP contribution in [0.15, 0.2) is 18.2 Å². The van der Waals surface area contributed by atoms with Gasteiger partial charge in [-0.1, -0.05) is 26.2 Å². The van der Waals surface area contributed by atoms with Gasteiger partial charge in [0, 0.05) is 0 Å². The summed E-state index contributed by atoms with van der Waals surface area (Å²) in [5.41, 5.74) is 1.10. The molecule has 0 spiro atoms. The second-order valence-electron chi connectivity index (χ2n) is 4.08. The minimum Gasteiger partial charge on any atom is -0.494 e. The molecule has 0 saturated carbocycles. The molecule has 0 bridgehead atoms. The van der Waals surface area contributed by atoms with E-state index in [1.165, 1.54) is 24.0 Å². The van der Waals surface area contributed by atoms with Gasteiger partial charge in [-0.15, -0.1) is 11.3 Å². The first-order chi connectivity index (χ1) is 8.29. The first kappa shape index (κ1) is 12.6. The van der Waals surface area contributed by atoms with Gasteiger partial charge in [0.05, 0.1) is 16.8 Å². The van der Waals surface area contributed by atoms with Crippen LogP contribution in [0.3, 0.4) is 0 Å². The van der Waals surface area contributed by atoms with Crippen LogP contribution in [-0.2, 0) is 0 Å². The zero-order chi connectivity index (χ0) is 12.1. The number of H-pyrrole nitrogens is 1. The summed E-state index contributed by atoms with van der Waals surface area (Å²) in [6.45, 7) is 3.02. The Morgan fingerprint density at radius 1 is 1.29 bits per heavy atom. The first-order valence-corrected chi connectivity index (χ1v) is 7.28. The van der Waals surface area contributed by atoms with Gasteiger partial charge in [0.1, 0.15) is 5.75 Å². The van der Waals surface area contributed by atoms with Crippen molar-refractivity contribution < 1.29 is 4.74 Å². The van der Waals surface area contributed by atoms with E-state index in [1.807, 2.05) is 12.1 Å². The smallest absolute Gasteiger partial charge is 0.159 e. The van der Waals surface area contributed by atoms with Gasteiger partial charge in [-0.25, -0.2) is 0 Å². The third kappa shape index (κ3) is 3.54. The molecule has 1 heterocycles. The topological polar surface area (TPSA) is 25.0 Å². The second-order valence-corrected chi connectivity index (χ2v) is 5.80. The fourth-order valence-corrected chi connectivity index (χ4v) is 2.88. The predicted octanol–water partition coefficient (Wildman–Crippen LogP) is 4.92. The number of aromatic nitrogens is 1. The lowest BCUT2D eigenvalue weighted by Crippen LogP contribution is -1.96. The first-order valence-electron chi connectivity index (χ1n) is 6.05. The van der Waals surface area contributed by atoms with Crippen LogP contribution in [-0.4, -0.2) is 11.6 Å². The average Bonchev–Trinajstić information content (AvgIpc) is 2.68. The van der Waals surface area contributed by atoms with Crippen molar-refractivity contribution in [1.29, 1.82) is 0 Å². The number of rotatable bonds is 6. The SMILES string of the molecule is CCCCCCOc1ccc2[nH]c(=S)sc2c1. The molecule has 0 saturated heterocycles. The fraction of sp³-hybridized carbons (Fsp3) is 0.462. The van der Waals surface area contributed by atoms with Crippen LogP contribution < -0.4 is 4.74 Å². The van der Waals surface area contributed by atoms with E-state index < -0.39 is 0 Å². The van der Waals surface area contributed by atoms with Crippen molar-refractivity contribution in [2.45, 2.75) is 32.6 Å². The molecule has 0 aliphatic rings. The summed E-state index contributed by atoms with van der Waals surface area (Å²) in [6.07, 6.45) is 4.94. The van der Waals surface area contributed by atoms with Crippen molar-refractivity contribution >= 4 is 33.8 Å². The Morgan fingerprint density at radius 2 is 2.18 bits per heavy atom. The van der Waals surface area contributed by atoms with Crippen LogP contribution in [0.5, 0.6) is 5.75 Å². The van der Waals surface area contributed by atoms with E-state index >= 15 is 0 Å². The Hall–Kier alpha value is -0.870. The van der Waals surface area contributed by atoms with Gasteiger partial charge < -0.3 is 9.72 Å². The normalized spacial score (nSPS) is 10.9. The lowest BCUT2D eigenvalue weighted by atomic mass is 10.2. The molecule has 1 N–H and O–H groups in total. The number of hydrogen-bond donors (Lipinski definition) is 1. The van der Waals surface area contributed by atoms with E-state index in [0.717, 1.165) is 28.2 Å². The molecule has 0 unspecified atom stereocenters. The lowest BCUT2D eigenvalue weighted by Gasteiger charge is -2.05. The Bertz CT molecular complexity index is 529. The number of aromatic amines is 1. The van der Waals surface area contributed by atoms with Gasteiger partial charge in [-0.3, -0.25) is 0 Å². The van der Waals surface area contributed by atoms with Crippen molar-refractivity contribution in [2.75, 3.05) is 6.61 Å². The molecule has 0 atom stereocenters. The fourth-order valence-electron chi connectivity index (χ4n) is 1.73. The van der Waals surface area contributed by atoms with Crippen LogP contribution >= 0.6 is 23.6 Å². The highest BCUT2D eigenvalue weighted by Crippen LogP contribution is 2.24. The quantitative estimate of drug-likeness (QED) is 0.593. The number of ether oxygens (including phenoxy) is 1. The number of fused-ring (bicyclic) bond motifs is 1. The number of thiazole rings is 1. The predicted molar refractivity (Wildman–Crippen MR) is 76.6 cm³/mol. The molecule has 0 amide bonds. The van der Waals surface area contributed by atoms with E-state index in [4.69, 9.17) is 17.0 Å². The van der Waals surface area contributed by atoms with Crippen LogP contribution in [0, 0.1) is 3.95 Å². The highest BCUT2D eigenvalue weighted by atomic mass is 32.1. The molecule has 0 aliphatic heterocycles. The Labute approximate surface area is 111 Å². The maximum atomic E-state index is 5.73. The standard InChI is InChI=1S/C13H17NOS2/c1-2-3-4-5-8-15-10-6-7-11-12(9-10)17-13(16)14-11/h6-7,9H,2-5,8H2,1H3,(H,14,16). The summed E-state index contributed by atoms with van der Waals surface area (Å²) in [7, 11) is 0. The molecule has 0 aliphatic carbocycles. The summed E-state index contributed by atoms with van der Waals surface area (Å²) in [4.78, 5) is 3.15. The third-order valence-electron chi connectivity index (χ3n) is 2.66. The number of hydrogen-bond acceptors (Lipinski definition) is 3. The Morgan fingerprint density at radius 3 is 3.00 bits per heavy atom. The van der Waals surface area contributed by atoms with Gasteiger partial charge in [0.15, 0.2) is 3.95 Å². The highest BCUT2D eigenvalue weighted by molar-refractivity contribution is 7.73. The maximum absolute atomic E-state index is 5.73. The van der Waals surface area contributed by atoms with Crippen molar-refractivity contribution in [3.63, 3.8) is 0 Å². The van der Waals surface area contributed by atoms with E-state index in [1.54, 1.807) is 11.3 Å². The summed E-state index contributed by atoms with van der Waals surface area (Å²) >= 11 is 6.71. The lowest BCUT2D eigenvalue weighted by molar-refractivity contribution is 0.305. The van der Waals surface area contributed by atoms with Crippen LogP contribution in [0.1, 0.15) is 32.6 Å². The van der Waals surface area contributed by atoms with Gasteiger partial charge in [-0.2, -0.15) is 0 Å². The second kappa shape index (κ2) is 6.17.